The molecule has 1 atom stereocenters. The Labute approximate surface area is 216 Å². The van der Waals surface area contributed by atoms with Gasteiger partial charge in [-0.3, -0.25) is 10.3 Å². The van der Waals surface area contributed by atoms with Gasteiger partial charge in [-0.25, -0.2) is 4.39 Å². The molecule has 0 spiro atoms. The first-order valence-electron chi connectivity index (χ1n) is 12.1. The van der Waals surface area contributed by atoms with Gasteiger partial charge in [0.25, 0.3) is 0 Å². The molecule has 3 N–H and O–H groups in total. The summed E-state index contributed by atoms with van der Waals surface area (Å²) in [5.74, 6) is 0.00225. The standard InChI is InChI=1S/C29H41FN4S/c1-10-22-13-27(35)25(30)14-24(22)23-11-19(6)28(26(31)12-23)29(32-9)20(7)33-16-34(15-17(2)3)21(8)18(4)5/h11-14,18,20,33,35H,2,8,10,15-16,31H2,1,3-7,9H3. The van der Waals surface area contributed by atoms with Gasteiger partial charge in [-0.1, -0.05) is 45.6 Å². The number of nitrogen functional groups attached to an aromatic ring is 1. The molecule has 0 radical (unpaired) electrons. The summed E-state index contributed by atoms with van der Waals surface area (Å²) in [7, 11) is 1.79. The lowest BCUT2D eigenvalue weighted by Crippen LogP contribution is -2.43. The Bertz CT molecular complexity index is 1100. The molecule has 2 aromatic carbocycles. The first-order chi connectivity index (χ1) is 16.4. The predicted molar refractivity (Wildman–Crippen MR) is 153 cm³/mol. The number of benzene rings is 2. The van der Waals surface area contributed by atoms with Crippen molar-refractivity contribution in [1.82, 2.24) is 10.2 Å². The molecule has 190 valence electrons. The fraction of sp³-hybridized carbons (Fsp3) is 0.414. The van der Waals surface area contributed by atoms with Crippen LogP contribution in [-0.2, 0) is 6.42 Å². The number of hydrogen-bond acceptors (Lipinski definition) is 5. The van der Waals surface area contributed by atoms with Crippen LogP contribution in [0.3, 0.4) is 0 Å². The fourth-order valence-electron chi connectivity index (χ4n) is 4.30. The van der Waals surface area contributed by atoms with Gasteiger partial charge < -0.3 is 10.6 Å². The Morgan fingerprint density at radius 3 is 2.37 bits per heavy atom. The average molecular weight is 497 g/mol. The van der Waals surface area contributed by atoms with Crippen LogP contribution in [0.1, 0.15) is 51.3 Å². The topological polar surface area (TPSA) is 53.6 Å². The van der Waals surface area contributed by atoms with Crippen LogP contribution in [0.4, 0.5) is 10.1 Å². The number of allylic oxidation sites excluding steroid dienone is 1. The van der Waals surface area contributed by atoms with E-state index in [0.29, 0.717) is 23.2 Å². The van der Waals surface area contributed by atoms with Gasteiger partial charge in [0, 0.05) is 41.5 Å². The first kappa shape index (κ1) is 28.7. The molecule has 0 bridgehead atoms. The van der Waals surface area contributed by atoms with E-state index in [1.807, 2.05) is 19.9 Å². The minimum absolute atomic E-state index is 0.0495. The summed E-state index contributed by atoms with van der Waals surface area (Å²) in [6.45, 7) is 22.2. The van der Waals surface area contributed by atoms with E-state index >= 15 is 0 Å². The second-order valence-electron chi connectivity index (χ2n) is 9.57. The number of nitrogens with two attached hydrogens (primary N) is 1. The van der Waals surface area contributed by atoms with Crippen molar-refractivity contribution < 1.29 is 4.39 Å². The summed E-state index contributed by atoms with van der Waals surface area (Å²) in [4.78, 5) is 7.17. The molecule has 6 heteroatoms. The van der Waals surface area contributed by atoms with E-state index in [0.717, 1.165) is 57.8 Å². The van der Waals surface area contributed by atoms with Crippen LogP contribution in [0.25, 0.3) is 11.1 Å². The van der Waals surface area contributed by atoms with Crippen molar-refractivity contribution in [3.63, 3.8) is 0 Å². The van der Waals surface area contributed by atoms with Crippen molar-refractivity contribution in [2.45, 2.75) is 58.9 Å². The lowest BCUT2D eigenvalue weighted by Gasteiger charge is -2.31. The Kier molecular flexibility index (Phi) is 10.2. The summed E-state index contributed by atoms with van der Waals surface area (Å²) in [5.41, 5.74) is 14.9. The van der Waals surface area contributed by atoms with Gasteiger partial charge in [-0.05, 0) is 73.6 Å². The minimum Gasteiger partial charge on any atom is -0.398 e. The highest BCUT2D eigenvalue weighted by molar-refractivity contribution is 7.80. The molecule has 0 aromatic heterocycles. The summed E-state index contributed by atoms with van der Waals surface area (Å²) in [5, 5.41) is 3.59. The van der Waals surface area contributed by atoms with Gasteiger partial charge in [0.05, 0.1) is 12.4 Å². The maximum Gasteiger partial charge on any atom is 0.137 e. The van der Waals surface area contributed by atoms with Gasteiger partial charge in [0.2, 0.25) is 0 Å². The zero-order valence-corrected chi connectivity index (χ0v) is 23.2. The van der Waals surface area contributed by atoms with E-state index in [9.17, 15) is 4.39 Å². The number of aryl methyl sites for hydroxylation is 2. The summed E-state index contributed by atoms with van der Waals surface area (Å²) in [6, 6.07) is 7.27. The van der Waals surface area contributed by atoms with Gasteiger partial charge in [0.1, 0.15) is 5.82 Å². The number of hydrogen-bond donors (Lipinski definition) is 3. The number of nitrogens with zero attached hydrogens (tertiary/aromatic N) is 2. The first-order valence-corrected chi connectivity index (χ1v) is 12.6. The van der Waals surface area contributed by atoms with Crippen LogP contribution in [0, 0.1) is 18.7 Å². The maximum absolute atomic E-state index is 14.3. The van der Waals surface area contributed by atoms with Gasteiger partial charge >= 0.3 is 0 Å². The highest BCUT2D eigenvalue weighted by Gasteiger charge is 2.20. The number of halogens is 1. The summed E-state index contributed by atoms with van der Waals surface area (Å²) in [6.07, 6.45) is 0.773. The highest BCUT2D eigenvalue weighted by atomic mass is 32.1. The Balaban J connectivity index is 2.37. The number of anilines is 1. The van der Waals surface area contributed by atoms with E-state index in [1.54, 1.807) is 19.2 Å². The normalized spacial score (nSPS) is 12.7. The monoisotopic (exact) mass is 496 g/mol. The van der Waals surface area contributed by atoms with Gasteiger partial charge in [0.15, 0.2) is 0 Å². The Morgan fingerprint density at radius 1 is 1.20 bits per heavy atom. The summed E-state index contributed by atoms with van der Waals surface area (Å²) >= 11 is 4.24. The van der Waals surface area contributed by atoms with E-state index in [-0.39, 0.29) is 11.9 Å². The lowest BCUT2D eigenvalue weighted by molar-refractivity contribution is 0.307. The number of nitrogens with one attached hydrogen (secondary N) is 1. The Morgan fingerprint density at radius 2 is 1.86 bits per heavy atom. The van der Waals surface area contributed by atoms with Crippen molar-refractivity contribution in [3.05, 3.63) is 71.2 Å². The molecule has 0 fully saturated rings. The number of aliphatic imine (C=N–C) groups is 1. The quantitative estimate of drug-likeness (QED) is 0.107. The molecule has 35 heavy (non-hydrogen) atoms. The van der Waals surface area contributed by atoms with Crippen LogP contribution in [0.15, 0.2) is 58.6 Å². The van der Waals surface area contributed by atoms with Crippen molar-refractivity contribution in [1.29, 1.82) is 0 Å². The third-order valence-corrected chi connectivity index (χ3v) is 6.60. The van der Waals surface area contributed by atoms with Crippen LogP contribution >= 0.6 is 12.6 Å². The molecule has 2 aromatic rings. The largest absolute Gasteiger partial charge is 0.398 e. The molecular weight excluding hydrogens is 455 g/mol. The van der Waals surface area contributed by atoms with Crippen molar-refractivity contribution in [2.75, 3.05) is 26.0 Å². The molecule has 0 aliphatic heterocycles. The molecular formula is C29H41FN4S. The zero-order valence-electron chi connectivity index (χ0n) is 22.3. The third kappa shape index (κ3) is 6.98. The molecule has 0 saturated heterocycles. The molecule has 0 saturated carbocycles. The lowest BCUT2D eigenvalue weighted by atomic mass is 9.91. The zero-order chi connectivity index (χ0) is 26.4. The second kappa shape index (κ2) is 12.4. The van der Waals surface area contributed by atoms with E-state index in [2.05, 4.69) is 74.8 Å². The van der Waals surface area contributed by atoms with Crippen molar-refractivity contribution >= 4 is 24.0 Å². The van der Waals surface area contributed by atoms with E-state index in [4.69, 9.17) is 5.73 Å². The molecule has 0 amide bonds. The van der Waals surface area contributed by atoms with Crippen LogP contribution in [-0.4, -0.2) is 36.9 Å². The fourth-order valence-corrected chi connectivity index (χ4v) is 4.52. The van der Waals surface area contributed by atoms with Crippen LogP contribution in [0.2, 0.25) is 0 Å². The van der Waals surface area contributed by atoms with Crippen LogP contribution < -0.4 is 11.1 Å². The molecule has 1 unspecified atom stereocenters. The average Bonchev–Trinajstić information content (AvgIpc) is 2.79. The minimum atomic E-state index is -0.336. The predicted octanol–water partition coefficient (Wildman–Crippen LogP) is 6.64. The van der Waals surface area contributed by atoms with Crippen LogP contribution in [0.5, 0.6) is 0 Å². The second-order valence-corrected chi connectivity index (χ2v) is 10.0. The van der Waals surface area contributed by atoms with Gasteiger partial charge in [-0.2, -0.15) is 0 Å². The third-order valence-electron chi connectivity index (χ3n) is 6.26. The van der Waals surface area contributed by atoms with Crippen molar-refractivity contribution in [3.8, 4) is 11.1 Å². The molecule has 0 heterocycles. The SMILES string of the molecule is C=C(C)CN(CNC(C)C(=NC)c1c(C)cc(-c2cc(F)c(S)cc2CC)cc1N)C(=C)C(C)C. The number of thiol groups is 1. The smallest absolute Gasteiger partial charge is 0.137 e. The molecule has 2 rings (SSSR count). The van der Waals surface area contributed by atoms with E-state index < -0.39 is 0 Å². The van der Waals surface area contributed by atoms with Gasteiger partial charge in [-0.15, -0.1) is 12.6 Å². The van der Waals surface area contributed by atoms with Crippen molar-refractivity contribution in [2.24, 2.45) is 10.9 Å². The summed E-state index contributed by atoms with van der Waals surface area (Å²) < 4.78 is 14.3. The maximum atomic E-state index is 14.3. The Hall–Kier alpha value is -2.57. The number of rotatable bonds is 11. The molecule has 0 aliphatic carbocycles. The molecule has 0 aliphatic rings. The van der Waals surface area contributed by atoms with E-state index in [1.165, 1.54) is 0 Å². The molecule has 4 nitrogen and oxygen atoms in total. The highest BCUT2D eigenvalue weighted by Crippen LogP contribution is 2.33.